The Balaban J connectivity index is 2.03. The van der Waals surface area contributed by atoms with E-state index in [4.69, 9.17) is 4.74 Å². The molecule has 0 aliphatic carbocycles. The van der Waals surface area contributed by atoms with Crippen LogP contribution in [0, 0.1) is 6.92 Å². The van der Waals surface area contributed by atoms with E-state index in [9.17, 15) is 4.79 Å². The second-order valence-electron chi connectivity index (χ2n) is 4.93. The van der Waals surface area contributed by atoms with Crippen molar-refractivity contribution in [3.8, 4) is 0 Å². The highest BCUT2D eigenvalue weighted by atomic mass is 16.5. The molecule has 104 valence electrons. The number of carbonyl (C=O) groups excluding carboxylic acids is 1. The first-order chi connectivity index (χ1) is 9.20. The van der Waals surface area contributed by atoms with Gasteiger partial charge in [-0.05, 0) is 19.4 Å². The van der Waals surface area contributed by atoms with Gasteiger partial charge in [-0.1, -0.05) is 29.8 Å². The highest BCUT2D eigenvalue weighted by molar-refractivity contribution is 5.76. The van der Waals surface area contributed by atoms with Crippen LogP contribution in [0.15, 0.2) is 24.3 Å². The van der Waals surface area contributed by atoms with E-state index in [-0.39, 0.29) is 12.0 Å². The van der Waals surface area contributed by atoms with Crippen LogP contribution in [0.2, 0.25) is 0 Å². The van der Waals surface area contributed by atoms with Crippen molar-refractivity contribution in [1.82, 2.24) is 10.2 Å². The van der Waals surface area contributed by atoms with Crippen molar-refractivity contribution in [2.24, 2.45) is 0 Å². The Kier molecular flexibility index (Phi) is 4.93. The number of benzene rings is 1. The second-order valence-corrected chi connectivity index (χ2v) is 4.93. The summed E-state index contributed by atoms with van der Waals surface area (Å²) in [5.74, 6) is -0.123. The van der Waals surface area contributed by atoms with Crippen molar-refractivity contribution in [3.05, 3.63) is 35.4 Å². The Hall–Kier alpha value is -1.39. The number of ether oxygens (including phenoxy) is 1. The topological polar surface area (TPSA) is 41.6 Å². The summed E-state index contributed by atoms with van der Waals surface area (Å²) in [6.07, 6.45) is 0. The number of aryl methyl sites for hydroxylation is 1. The Bertz CT molecular complexity index is 417. The fraction of sp³-hybridized carbons (Fsp3) is 0.533. The van der Waals surface area contributed by atoms with E-state index >= 15 is 0 Å². The van der Waals surface area contributed by atoms with Gasteiger partial charge < -0.3 is 10.1 Å². The molecule has 2 rings (SSSR count). The van der Waals surface area contributed by atoms with Crippen LogP contribution in [0.4, 0.5) is 0 Å². The monoisotopic (exact) mass is 262 g/mol. The van der Waals surface area contributed by atoms with Crippen molar-refractivity contribution < 1.29 is 9.53 Å². The summed E-state index contributed by atoms with van der Waals surface area (Å²) in [6.45, 7) is 7.62. The highest BCUT2D eigenvalue weighted by Gasteiger charge is 2.29. The lowest BCUT2D eigenvalue weighted by Gasteiger charge is -2.34. The quantitative estimate of drug-likeness (QED) is 0.831. The molecular weight excluding hydrogens is 240 g/mol. The van der Waals surface area contributed by atoms with Gasteiger partial charge >= 0.3 is 5.97 Å². The standard InChI is InChI=1S/C15H22N2O2/c1-3-19-15(18)14-10-16-8-9-17(14)11-13-6-4-12(2)5-7-13/h4-7,14,16H,3,8-11H2,1-2H3. The van der Waals surface area contributed by atoms with E-state index < -0.39 is 0 Å². The fourth-order valence-electron chi connectivity index (χ4n) is 2.33. The van der Waals surface area contributed by atoms with Gasteiger partial charge in [-0.3, -0.25) is 9.69 Å². The molecule has 1 fully saturated rings. The van der Waals surface area contributed by atoms with Crippen molar-refractivity contribution in [2.75, 3.05) is 26.2 Å². The molecule has 1 atom stereocenters. The minimum atomic E-state index is -0.171. The number of hydrogen-bond donors (Lipinski definition) is 1. The number of nitrogens with zero attached hydrogens (tertiary/aromatic N) is 1. The van der Waals surface area contributed by atoms with Gasteiger partial charge in [-0.15, -0.1) is 0 Å². The molecule has 1 aromatic rings. The summed E-state index contributed by atoms with van der Waals surface area (Å²) < 4.78 is 5.15. The van der Waals surface area contributed by atoms with Crippen LogP contribution < -0.4 is 5.32 Å². The van der Waals surface area contributed by atoms with Crippen LogP contribution in [0.5, 0.6) is 0 Å². The van der Waals surface area contributed by atoms with Gasteiger partial charge in [-0.2, -0.15) is 0 Å². The molecule has 1 heterocycles. The number of piperazine rings is 1. The van der Waals surface area contributed by atoms with E-state index in [1.54, 1.807) is 0 Å². The molecule has 0 saturated carbocycles. The molecule has 1 saturated heterocycles. The Labute approximate surface area is 114 Å². The molecular formula is C15H22N2O2. The zero-order valence-electron chi connectivity index (χ0n) is 11.7. The van der Waals surface area contributed by atoms with Gasteiger partial charge in [-0.25, -0.2) is 0 Å². The largest absolute Gasteiger partial charge is 0.465 e. The van der Waals surface area contributed by atoms with Gasteiger partial charge in [0, 0.05) is 26.2 Å². The molecule has 1 aromatic carbocycles. The Morgan fingerprint density at radius 3 is 2.84 bits per heavy atom. The molecule has 19 heavy (non-hydrogen) atoms. The Morgan fingerprint density at radius 2 is 2.16 bits per heavy atom. The summed E-state index contributed by atoms with van der Waals surface area (Å²) in [5, 5.41) is 3.26. The first-order valence-electron chi connectivity index (χ1n) is 6.87. The fourth-order valence-corrected chi connectivity index (χ4v) is 2.33. The summed E-state index contributed by atoms with van der Waals surface area (Å²) >= 11 is 0. The summed E-state index contributed by atoms with van der Waals surface area (Å²) in [6, 6.07) is 8.29. The first-order valence-corrected chi connectivity index (χ1v) is 6.87. The molecule has 0 aromatic heterocycles. The van der Waals surface area contributed by atoms with E-state index in [2.05, 4.69) is 41.4 Å². The third-order valence-corrected chi connectivity index (χ3v) is 3.42. The number of carbonyl (C=O) groups is 1. The molecule has 0 bridgehead atoms. The third-order valence-electron chi connectivity index (χ3n) is 3.42. The summed E-state index contributed by atoms with van der Waals surface area (Å²) in [4.78, 5) is 14.1. The van der Waals surface area contributed by atoms with Crippen molar-refractivity contribution >= 4 is 5.97 Å². The molecule has 4 heteroatoms. The Morgan fingerprint density at radius 1 is 1.42 bits per heavy atom. The maximum atomic E-state index is 11.9. The van der Waals surface area contributed by atoms with Crippen LogP contribution in [0.25, 0.3) is 0 Å². The molecule has 1 aliphatic rings. The van der Waals surface area contributed by atoms with E-state index in [1.165, 1.54) is 11.1 Å². The van der Waals surface area contributed by atoms with Crippen LogP contribution in [-0.2, 0) is 16.1 Å². The molecule has 1 aliphatic heterocycles. The number of hydrogen-bond acceptors (Lipinski definition) is 4. The summed E-state index contributed by atoms with van der Waals surface area (Å²) in [5.41, 5.74) is 2.49. The van der Waals surface area contributed by atoms with Gasteiger partial charge in [0.05, 0.1) is 6.61 Å². The second kappa shape index (κ2) is 6.68. The van der Waals surface area contributed by atoms with Crippen molar-refractivity contribution in [1.29, 1.82) is 0 Å². The van der Waals surface area contributed by atoms with Crippen LogP contribution in [0.3, 0.4) is 0 Å². The summed E-state index contributed by atoms with van der Waals surface area (Å²) in [7, 11) is 0. The smallest absolute Gasteiger partial charge is 0.324 e. The number of rotatable bonds is 4. The predicted molar refractivity (Wildman–Crippen MR) is 74.9 cm³/mol. The van der Waals surface area contributed by atoms with Gasteiger partial charge in [0.25, 0.3) is 0 Å². The van der Waals surface area contributed by atoms with Crippen molar-refractivity contribution in [3.63, 3.8) is 0 Å². The van der Waals surface area contributed by atoms with Crippen molar-refractivity contribution in [2.45, 2.75) is 26.4 Å². The van der Waals surface area contributed by atoms with Gasteiger partial charge in [0.2, 0.25) is 0 Å². The maximum absolute atomic E-state index is 11.9. The average Bonchev–Trinajstić information content (AvgIpc) is 2.42. The lowest BCUT2D eigenvalue weighted by atomic mass is 10.1. The highest BCUT2D eigenvalue weighted by Crippen LogP contribution is 2.12. The number of esters is 1. The van der Waals surface area contributed by atoms with Crippen LogP contribution >= 0.6 is 0 Å². The lowest BCUT2D eigenvalue weighted by molar-refractivity contribution is -0.150. The predicted octanol–water partition coefficient (Wildman–Crippen LogP) is 1.33. The average molecular weight is 262 g/mol. The maximum Gasteiger partial charge on any atom is 0.324 e. The minimum Gasteiger partial charge on any atom is -0.465 e. The SMILES string of the molecule is CCOC(=O)C1CNCCN1Cc1ccc(C)cc1. The minimum absolute atomic E-state index is 0.123. The molecule has 1 N–H and O–H groups in total. The van der Waals surface area contributed by atoms with Crippen LogP contribution in [0.1, 0.15) is 18.1 Å². The molecule has 1 unspecified atom stereocenters. The zero-order chi connectivity index (χ0) is 13.7. The lowest BCUT2D eigenvalue weighted by Crippen LogP contribution is -2.54. The molecule has 0 amide bonds. The normalized spacial score (nSPS) is 20.2. The zero-order valence-corrected chi connectivity index (χ0v) is 11.7. The van der Waals surface area contributed by atoms with E-state index in [1.807, 2.05) is 6.92 Å². The third kappa shape index (κ3) is 3.78. The first kappa shape index (κ1) is 14.0. The molecule has 4 nitrogen and oxygen atoms in total. The van der Waals surface area contributed by atoms with Crippen LogP contribution in [-0.4, -0.2) is 43.2 Å². The molecule has 0 radical (unpaired) electrons. The number of nitrogens with one attached hydrogen (secondary N) is 1. The van der Waals surface area contributed by atoms with Gasteiger partial charge in [0.1, 0.15) is 6.04 Å². The van der Waals surface area contributed by atoms with Gasteiger partial charge in [0.15, 0.2) is 0 Å². The molecule has 0 spiro atoms. The van der Waals surface area contributed by atoms with E-state index in [0.717, 1.165) is 19.6 Å². The van der Waals surface area contributed by atoms with E-state index in [0.29, 0.717) is 13.2 Å².